The maximum Gasteiger partial charge on any atom is 0.335 e. The number of aryl methyl sites for hydroxylation is 1. The van der Waals surface area contributed by atoms with Crippen molar-refractivity contribution in [3.8, 4) is 6.07 Å². The van der Waals surface area contributed by atoms with E-state index in [1.807, 2.05) is 24.3 Å². The number of aromatic carboxylic acids is 1. The topological polar surface area (TPSA) is 105 Å². The molecule has 1 heterocycles. The summed E-state index contributed by atoms with van der Waals surface area (Å²) in [4.78, 5) is 11.0. The minimum absolute atomic E-state index is 0.0946. The second-order valence-corrected chi connectivity index (χ2v) is 8.01. The number of benzene rings is 2. The van der Waals surface area contributed by atoms with Crippen LogP contribution in [0.15, 0.2) is 48.5 Å². The van der Waals surface area contributed by atoms with Crippen molar-refractivity contribution in [3.63, 3.8) is 0 Å². The monoisotopic (exact) mass is 407 g/mol. The highest BCUT2D eigenvalue weighted by atomic mass is 16.4. The molecular weight excluding hydrogens is 378 g/mol. The number of rotatable bonds is 9. The van der Waals surface area contributed by atoms with Gasteiger partial charge in [0.2, 0.25) is 0 Å². The zero-order chi connectivity index (χ0) is 21.4. The predicted octanol–water partition coefficient (Wildman–Crippen LogP) is 3.42. The molecule has 1 fully saturated rings. The molecule has 0 aromatic heterocycles. The fourth-order valence-corrected chi connectivity index (χ4v) is 4.10. The Morgan fingerprint density at radius 3 is 2.40 bits per heavy atom. The van der Waals surface area contributed by atoms with E-state index in [0.29, 0.717) is 12.1 Å². The first-order chi connectivity index (χ1) is 14.5. The molecule has 6 nitrogen and oxygen atoms in total. The predicted molar refractivity (Wildman–Crippen MR) is 117 cm³/mol. The van der Waals surface area contributed by atoms with E-state index >= 15 is 0 Å². The van der Waals surface area contributed by atoms with Crippen LogP contribution >= 0.6 is 0 Å². The molecule has 1 aliphatic rings. The van der Waals surface area contributed by atoms with Crippen molar-refractivity contribution in [1.29, 1.82) is 5.26 Å². The number of piperidine rings is 1. The Morgan fingerprint density at radius 1 is 1.13 bits per heavy atom. The summed E-state index contributed by atoms with van der Waals surface area (Å²) in [6.07, 6.45) is 4.20. The van der Waals surface area contributed by atoms with Gasteiger partial charge in [-0.2, -0.15) is 5.26 Å². The molecule has 0 amide bonds. The molecule has 0 spiro atoms. The molecule has 0 saturated carbocycles. The number of hydrogen-bond acceptors (Lipinski definition) is 5. The number of aliphatic hydroxyl groups is 1. The van der Waals surface area contributed by atoms with Gasteiger partial charge in [-0.3, -0.25) is 0 Å². The van der Waals surface area contributed by atoms with Gasteiger partial charge in [-0.05, 0) is 87.2 Å². The van der Waals surface area contributed by atoms with Gasteiger partial charge >= 0.3 is 5.97 Å². The van der Waals surface area contributed by atoms with E-state index in [4.69, 9.17) is 10.4 Å². The van der Waals surface area contributed by atoms with Crippen molar-refractivity contribution in [2.24, 2.45) is 5.92 Å². The molecule has 1 atom stereocenters. The molecule has 1 unspecified atom stereocenters. The molecule has 4 N–H and O–H groups in total. The normalized spacial score (nSPS) is 16.4. The van der Waals surface area contributed by atoms with Gasteiger partial charge in [0, 0.05) is 18.2 Å². The summed E-state index contributed by atoms with van der Waals surface area (Å²) in [6, 6.07) is 16.5. The molecular formula is C24H29N3O3. The fraction of sp³-hybridized carbons (Fsp3) is 0.417. The highest BCUT2D eigenvalue weighted by Gasteiger charge is 2.37. The maximum atomic E-state index is 11.3. The number of anilines is 1. The van der Waals surface area contributed by atoms with Crippen LogP contribution in [-0.4, -0.2) is 41.4 Å². The summed E-state index contributed by atoms with van der Waals surface area (Å²) in [5, 5.41) is 36.0. The van der Waals surface area contributed by atoms with Crippen LogP contribution in [0.5, 0.6) is 0 Å². The number of nitrogens with zero attached hydrogens (tertiary/aromatic N) is 1. The summed E-state index contributed by atoms with van der Waals surface area (Å²) in [7, 11) is 0. The maximum absolute atomic E-state index is 11.3. The summed E-state index contributed by atoms with van der Waals surface area (Å²) in [6.45, 7) is 2.27. The van der Waals surface area contributed by atoms with Gasteiger partial charge in [0.25, 0.3) is 0 Å². The Kier molecular flexibility index (Phi) is 7.45. The van der Waals surface area contributed by atoms with Crippen molar-refractivity contribution in [3.05, 3.63) is 65.2 Å². The Balaban J connectivity index is 1.61. The highest BCUT2D eigenvalue weighted by molar-refractivity contribution is 5.87. The van der Waals surface area contributed by atoms with Crippen LogP contribution < -0.4 is 10.6 Å². The standard InChI is InChI=1S/C24H29N3O3/c25-16-19-6-4-18(5-7-19)2-1-3-21(24(30)12-14-26-15-13-24)17-27-22-10-8-20(9-11-22)23(28)29/h4-11,21,26-27,30H,1-3,12-15,17H2,(H,28,29). The summed E-state index contributed by atoms with van der Waals surface area (Å²) in [5.74, 6) is -0.844. The van der Waals surface area contributed by atoms with Gasteiger partial charge in [-0.25, -0.2) is 4.79 Å². The molecule has 30 heavy (non-hydrogen) atoms. The van der Waals surface area contributed by atoms with Crippen LogP contribution in [0.3, 0.4) is 0 Å². The number of nitriles is 1. The van der Waals surface area contributed by atoms with Crippen molar-refractivity contribution < 1.29 is 15.0 Å². The lowest BCUT2D eigenvalue weighted by Gasteiger charge is -2.40. The molecule has 0 aliphatic carbocycles. The minimum atomic E-state index is -0.939. The number of hydrogen-bond donors (Lipinski definition) is 4. The first-order valence-corrected chi connectivity index (χ1v) is 10.5. The molecule has 0 radical (unpaired) electrons. The molecule has 0 bridgehead atoms. The lowest BCUT2D eigenvalue weighted by Crippen LogP contribution is -2.49. The second kappa shape index (κ2) is 10.2. The van der Waals surface area contributed by atoms with E-state index in [0.717, 1.165) is 50.9 Å². The molecule has 2 aromatic rings. The molecule has 2 aromatic carbocycles. The van der Waals surface area contributed by atoms with E-state index < -0.39 is 11.6 Å². The van der Waals surface area contributed by atoms with Gasteiger partial charge in [-0.15, -0.1) is 0 Å². The second-order valence-electron chi connectivity index (χ2n) is 8.01. The quantitative estimate of drug-likeness (QED) is 0.508. The van der Waals surface area contributed by atoms with Gasteiger partial charge in [0.15, 0.2) is 0 Å². The van der Waals surface area contributed by atoms with E-state index in [2.05, 4.69) is 16.7 Å². The fourth-order valence-electron chi connectivity index (χ4n) is 4.10. The number of nitrogens with one attached hydrogen (secondary N) is 2. The Bertz CT molecular complexity index is 866. The first kappa shape index (κ1) is 21.8. The van der Waals surface area contributed by atoms with Gasteiger partial charge < -0.3 is 20.8 Å². The Labute approximate surface area is 177 Å². The van der Waals surface area contributed by atoms with Crippen molar-refractivity contribution in [2.45, 2.75) is 37.7 Å². The zero-order valence-electron chi connectivity index (χ0n) is 17.1. The lowest BCUT2D eigenvalue weighted by molar-refractivity contribution is -0.0425. The SMILES string of the molecule is N#Cc1ccc(CCCC(CNc2ccc(C(=O)O)cc2)C2(O)CCNCC2)cc1. The van der Waals surface area contributed by atoms with Crippen molar-refractivity contribution in [1.82, 2.24) is 5.32 Å². The van der Waals surface area contributed by atoms with Crippen LogP contribution in [0.4, 0.5) is 5.69 Å². The molecule has 1 aliphatic heterocycles. The number of carbonyl (C=O) groups is 1. The van der Waals surface area contributed by atoms with E-state index in [1.54, 1.807) is 24.3 Å². The number of carboxylic acids is 1. The van der Waals surface area contributed by atoms with Gasteiger partial charge in [-0.1, -0.05) is 12.1 Å². The van der Waals surface area contributed by atoms with Crippen molar-refractivity contribution >= 4 is 11.7 Å². The highest BCUT2D eigenvalue weighted by Crippen LogP contribution is 2.31. The molecule has 3 rings (SSSR count). The Morgan fingerprint density at radius 2 is 1.80 bits per heavy atom. The summed E-state index contributed by atoms with van der Waals surface area (Å²) < 4.78 is 0. The van der Waals surface area contributed by atoms with Crippen LogP contribution in [-0.2, 0) is 6.42 Å². The van der Waals surface area contributed by atoms with E-state index in [-0.39, 0.29) is 11.5 Å². The summed E-state index contributed by atoms with van der Waals surface area (Å²) >= 11 is 0. The van der Waals surface area contributed by atoms with Gasteiger partial charge in [0.05, 0.1) is 22.8 Å². The number of carboxylic acid groups (broad SMARTS) is 1. The van der Waals surface area contributed by atoms with E-state index in [1.165, 1.54) is 5.56 Å². The molecule has 1 saturated heterocycles. The first-order valence-electron chi connectivity index (χ1n) is 10.5. The third-order valence-corrected chi connectivity index (χ3v) is 6.01. The van der Waals surface area contributed by atoms with Crippen LogP contribution in [0.1, 0.15) is 47.2 Å². The lowest BCUT2D eigenvalue weighted by atomic mass is 9.77. The Hall–Kier alpha value is -2.88. The summed E-state index contributed by atoms with van der Waals surface area (Å²) in [5.41, 5.74) is 2.27. The van der Waals surface area contributed by atoms with Crippen molar-refractivity contribution in [2.75, 3.05) is 25.0 Å². The molecule has 6 heteroatoms. The smallest absolute Gasteiger partial charge is 0.335 e. The van der Waals surface area contributed by atoms with Crippen LogP contribution in [0, 0.1) is 17.2 Å². The minimum Gasteiger partial charge on any atom is -0.478 e. The van der Waals surface area contributed by atoms with Gasteiger partial charge in [0.1, 0.15) is 0 Å². The third kappa shape index (κ3) is 5.82. The zero-order valence-corrected chi connectivity index (χ0v) is 17.1. The van der Waals surface area contributed by atoms with Crippen LogP contribution in [0.25, 0.3) is 0 Å². The van der Waals surface area contributed by atoms with E-state index in [9.17, 15) is 9.90 Å². The molecule has 158 valence electrons. The van der Waals surface area contributed by atoms with Crippen LogP contribution in [0.2, 0.25) is 0 Å². The average molecular weight is 408 g/mol. The average Bonchev–Trinajstić information content (AvgIpc) is 2.77. The third-order valence-electron chi connectivity index (χ3n) is 6.01. The largest absolute Gasteiger partial charge is 0.478 e.